The predicted octanol–water partition coefficient (Wildman–Crippen LogP) is 4.73. The van der Waals surface area contributed by atoms with Crippen molar-refractivity contribution in [1.82, 2.24) is 0 Å². The molecule has 1 aliphatic heterocycles. The summed E-state index contributed by atoms with van der Waals surface area (Å²) in [5.41, 5.74) is -0.128. The highest BCUT2D eigenvalue weighted by molar-refractivity contribution is 6.04. The quantitative estimate of drug-likeness (QED) is 0.106. The smallest absolute Gasteiger partial charge is 0.199 e. The first kappa shape index (κ1) is 31.1. The van der Waals surface area contributed by atoms with Gasteiger partial charge in [0.05, 0.1) is 16.7 Å². The van der Waals surface area contributed by atoms with Gasteiger partial charge in [-0.2, -0.15) is 0 Å². The van der Waals surface area contributed by atoms with E-state index in [0.29, 0.717) is 5.57 Å². The van der Waals surface area contributed by atoms with Gasteiger partial charge in [-0.15, -0.1) is 0 Å². The van der Waals surface area contributed by atoms with Crippen molar-refractivity contribution in [2.75, 3.05) is 0 Å². The highest BCUT2D eigenvalue weighted by atomic mass is 16.5. The Bertz CT molecular complexity index is 1980. The second kappa shape index (κ2) is 11.5. The van der Waals surface area contributed by atoms with E-state index >= 15 is 0 Å². The number of aromatic hydroxyl groups is 8. The van der Waals surface area contributed by atoms with Crippen molar-refractivity contribution in [2.45, 2.75) is 37.4 Å². The van der Waals surface area contributed by atoms with Crippen LogP contribution in [0.4, 0.5) is 0 Å². The molecule has 6 rings (SSSR count). The Kier molecular flexibility index (Phi) is 7.60. The highest BCUT2D eigenvalue weighted by Gasteiger charge is 2.46. The minimum atomic E-state index is -1.93. The molecule has 2 aliphatic rings. The molecular formula is C35H30O12. The van der Waals surface area contributed by atoms with Crippen LogP contribution < -0.4 is 4.74 Å². The number of Topliss-reactive ketones (excluding diaryl/α,β-unsaturated/α-hetero) is 2. The zero-order chi connectivity index (χ0) is 33.9. The molecule has 0 fully saturated rings. The van der Waals surface area contributed by atoms with E-state index in [1.165, 1.54) is 36.4 Å². The van der Waals surface area contributed by atoms with E-state index in [0.717, 1.165) is 24.3 Å². The molecule has 4 aromatic carbocycles. The fourth-order valence-electron chi connectivity index (χ4n) is 6.68. The van der Waals surface area contributed by atoms with Gasteiger partial charge in [0, 0.05) is 47.6 Å². The summed E-state index contributed by atoms with van der Waals surface area (Å²) in [6.07, 6.45) is -1.86. The van der Waals surface area contributed by atoms with Gasteiger partial charge in [0.25, 0.3) is 0 Å². The first-order chi connectivity index (χ1) is 22.3. The first-order valence-electron chi connectivity index (χ1n) is 14.5. The lowest BCUT2D eigenvalue weighted by atomic mass is 9.65. The van der Waals surface area contributed by atoms with E-state index < -0.39 is 70.1 Å². The number of hydrogen-bond donors (Lipinski definition) is 9. The number of phenolic OH excluding ortho intramolecular Hbond substituents is 8. The zero-order valence-corrected chi connectivity index (χ0v) is 24.7. The lowest BCUT2D eigenvalue weighted by Gasteiger charge is -2.38. The minimum absolute atomic E-state index is 0.0497. The third-order valence-electron chi connectivity index (χ3n) is 8.78. The zero-order valence-electron chi connectivity index (χ0n) is 24.7. The van der Waals surface area contributed by atoms with Crippen LogP contribution in [0.3, 0.4) is 0 Å². The average molecular weight is 643 g/mol. The van der Waals surface area contributed by atoms with Crippen molar-refractivity contribution < 1.29 is 60.3 Å². The Morgan fingerprint density at radius 2 is 1.36 bits per heavy atom. The number of fused-ring (bicyclic) bond motifs is 1. The number of carbonyl (C=O) groups is 2. The third kappa shape index (κ3) is 5.28. The van der Waals surface area contributed by atoms with Crippen LogP contribution in [0.5, 0.6) is 51.7 Å². The van der Waals surface area contributed by atoms with Gasteiger partial charge in [-0.25, -0.2) is 0 Å². The normalized spacial score (nSPS) is 22.2. The van der Waals surface area contributed by atoms with Crippen LogP contribution in [-0.4, -0.2) is 63.6 Å². The maximum Gasteiger partial charge on any atom is 0.199 e. The number of benzene rings is 4. The molecule has 47 heavy (non-hydrogen) atoms. The summed E-state index contributed by atoms with van der Waals surface area (Å²) in [5, 5.41) is 96.2. The van der Waals surface area contributed by atoms with Crippen LogP contribution in [0.1, 0.15) is 68.7 Å². The van der Waals surface area contributed by atoms with Gasteiger partial charge in [-0.05, 0) is 49.2 Å². The molecule has 5 atom stereocenters. The van der Waals surface area contributed by atoms with E-state index in [2.05, 4.69) is 0 Å². The number of aliphatic hydroxyl groups is 1. The van der Waals surface area contributed by atoms with E-state index in [1.54, 1.807) is 13.0 Å². The van der Waals surface area contributed by atoms with E-state index in [-0.39, 0.29) is 57.4 Å². The molecule has 0 bridgehead atoms. The Morgan fingerprint density at radius 3 is 2.04 bits per heavy atom. The topological polar surface area (TPSA) is 225 Å². The van der Waals surface area contributed by atoms with Crippen molar-refractivity contribution in [3.05, 3.63) is 100 Å². The number of carbonyl (C=O) groups excluding carboxylic acids is 2. The molecule has 1 aliphatic carbocycles. The van der Waals surface area contributed by atoms with E-state index in [1.807, 2.05) is 0 Å². The van der Waals surface area contributed by atoms with Crippen LogP contribution in [-0.2, 0) is 0 Å². The Morgan fingerprint density at radius 1 is 0.745 bits per heavy atom. The summed E-state index contributed by atoms with van der Waals surface area (Å²) >= 11 is 0. The molecule has 0 amide bonds. The summed E-state index contributed by atoms with van der Waals surface area (Å²) in [6.45, 7) is 1.72. The van der Waals surface area contributed by atoms with Crippen LogP contribution in [0.25, 0.3) is 0 Å². The van der Waals surface area contributed by atoms with Crippen molar-refractivity contribution in [3.63, 3.8) is 0 Å². The summed E-state index contributed by atoms with van der Waals surface area (Å²) in [5.74, 6) is -8.89. The Hall–Kier alpha value is -5.88. The Labute approximate surface area is 267 Å². The lowest BCUT2D eigenvalue weighted by molar-refractivity contribution is 0.0199. The standard InChI is InChI=1S/C35H30O12/c1-14-8-21(18-5-2-15(36)10-23(18)39)28(31(43)19-6-3-16(37)11-24(19)40)22(9-14)29-25(41)13-26(42)30(33(29)45)35-34(46)32(44)20-7-4-17(38)12-27(20)47-35/h2-7,9-13,21-22,28,34-42,45-46H,8H2,1H3. The fraction of sp³-hybridized carbons (Fsp3) is 0.200. The largest absolute Gasteiger partial charge is 0.508 e. The molecule has 9 N–H and O–H groups in total. The van der Waals surface area contributed by atoms with Gasteiger partial charge in [0.15, 0.2) is 23.8 Å². The molecule has 12 heteroatoms. The molecule has 5 unspecified atom stereocenters. The van der Waals surface area contributed by atoms with Gasteiger partial charge in [0.1, 0.15) is 51.7 Å². The first-order valence-corrected chi connectivity index (χ1v) is 14.5. The predicted molar refractivity (Wildman–Crippen MR) is 164 cm³/mol. The maximum absolute atomic E-state index is 14.4. The molecule has 0 spiro atoms. The molecule has 1 heterocycles. The van der Waals surface area contributed by atoms with Gasteiger partial charge in [0.2, 0.25) is 0 Å². The summed E-state index contributed by atoms with van der Waals surface area (Å²) < 4.78 is 5.81. The molecule has 0 saturated carbocycles. The second-order valence-corrected chi connectivity index (χ2v) is 11.8. The maximum atomic E-state index is 14.4. The molecule has 0 saturated heterocycles. The highest BCUT2D eigenvalue weighted by Crippen LogP contribution is 2.55. The summed E-state index contributed by atoms with van der Waals surface area (Å²) in [4.78, 5) is 27.5. The molecule has 12 nitrogen and oxygen atoms in total. The summed E-state index contributed by atoms with van der Waals surface area (Å²) in [6, 6.07) is 11.7. The number of ketones is 2. The van der Waals surface area contributed by atoms with Crippen LogP contribution in [0.2, 0.25) is 0 Å². The number of ether oxygens (including phenoxy) is 1. The summed E-state index contributed by atoms with van der Waals surface area (Å²) in [7, 11) is 0. The fourth-order valence-corrected chi connectivity index (χ4v) is 6.68. The van der Waals surface area contributed by atoms with Crippen LogP contribution in [0.15, 0.2) is 72.3 Å². The number of aliphatic hydroxyl groups excluding tert-OH is 1. The minimum Gasteiger partial charge on any atom is -0.508 e. The second-order valence-electron chi connectivity index (χ2n) is 11.8. The molecule has 4 aromatic rings. The number of rotatable bonds is 5. The molecular weight excluding hydrogens is 612 g/mol. The number of hydrogen-bond acceptors (Lipinski definition) is 12. The van der Waals surface area contributed by atoms with E-state index in [4.69, 9.17) is 4.74 Å². The number of phenols is 8. The van der Waals surface area contributed by atoms with Crippen molar-refractivity contribution in [1.29, 1.82) is 0 Å². The van der Waals surface area contributed by atoms with Crippen LogP contribution in [0, 0.1) is 5.92 Å². The van der Waals surface area contributed by atoms with Gasteiger partial charge < -0.3 is 50.7 Å². The Balaban J connectivity index is 1.55. The average Bonchev–Trinajstić information content (AvgIpc) is 2.98. The van der Waals surface area contributed by atoms with Crippen molar-refractivity contribution in [3.8, 4) is 51.7 Å². The van der Waals surface area contributed by atoms with Crippen LogP contribution >= 0.6 is 0 Å². The molecule has 0 aromatic heterocycles. The number of allylic oxidation sites excluding steroid dienone is 2. The SMILES string of the molecule is CC1=CC(c2c(O)cc(O)c(C3Oc4cc(O)ccc4C(=O)C3O)c2O)C(C(=O)c2ccc(O)cc2O)C(c2ccc(O)cc2O)C1. The van der Waals surface area contributed by atoms with E-state index in [9.17, 15) is 55.5 Å². The molecule has 242 valence electrons. The van der Waals surface area contributed by atoms with Gasteiger partial charge >= 0.3 is 0 Å². The monoisotopic (exact) mass is 642 g/mol. The third-order valence-corrected chi connectivity index (χ3v) is 8.78. The van der Waals surface area contributed by atoms with Crippen molar-refractivity contribution >= 4 is 11.6 Å². The van der Waals surface area contributed by atoms with Gasteiger partial charge in [-0.3, -0.25) is 9.59 Å². The van der Waals surface area contributed by atoms with Crippen molar-refractivity contribution in [2.24, 2.45) is 5.92 Å². The lowest BCUT2D eigenvalue weighted by Crippen LogP contribution is -2.36. The molecule has 0 radical (unpaired) electrons. The van der Waals surface area contributed by atoms with Gasteiger partial charge in [-0.1, -0.05) is 17.7 Å².